The summed E-state index contributed by atoms with van der Waals surface area (Å²) in [4.78, 5) is 25.3. The summed E-state index contributed by atoms with van der Waals surface area (Å²) in [5, 5.41) is 19.8. The number of hydrogen-bond donors (Lipinski definition) is 2. The molecule has 1 aliphatic rings. The van der Waals surface area contributed by atoms with Crippen molar-refractivity contribution in [3.8, 4) is 23.1 Å². The Kier molecular flexibility index (Phi) is 6.83. The largest absolute Gasteiger partial charge is 0.494 e. The molecule has 0 spiro atoms. The predicted octanol–water partition coefficient (Wildman–Crippen LogP) is 3.59. The van der Waals surface area contributed by atoms with Gasteiger partial charge in [0.15, 0.2) is 5.83 Å². The molecular formula is C27H26FN9O2. The van der Waals surface area contributed by atoms with Gasteiger partial charge < -0.3 is 25.2 Å². The number of anilines is 4. The number of likely N-dealkylation sites (N-methyl/N-ethyl adjacent to an activating group) is 1. The van der Waals surface area contributed by atoms with Gasteiger partial charge in [-0.2, -0.15) is 10.4 Å². The van der Waals surface area contributed by atoms with Gasteiger partial charge in [0.1, 0.15) is 11.8 Å². The number of ether oxygens (including phenoxy) is 1. The quantitative estimate of drug-likeness (QED) is 0.331. The van der Waals surface area contributed by atoms with Gasteiger partial charge in [0.25, 0.3) is 5.91 Å². The van der Waals surface area contributed by atoms with Crippen molar-refractivity contribution in [2.75, 3.05) is 49.8 Å². The van der Waals surface area contributed by atoms with Crippen molar-refractivity contribution in [1.29, 1.82) is 5.26 Å². The fraction of sp³-hybridized carbons (Fsp3) is 0.222. The van der Waals surface area contributed by atoms with E-state index in [0.29, 0.717) is 40.1 Å². The van der Waals surface area contributed by atoms with Crippen LogP contribution in [0.5, 0.6) is 5.75 Å². The Morgan fingerprint density at radius 3 is 2.74 bits per heavy atom. The number of fused-ring (bicyclic) bond motifs is 1. The topological polar surface area (TPSA) is 124 Å². The maximum absolute atomic E-state index is 13.6. The third-order valence-corrected chi connectivity index (χ3v) is 6.58. The first-order chi connectivity index (χ1) is 18.8. The zero-order valence-electron chi connectivity index (χ0n) is 21.6. The molecule has 1 aromatic carbocycles. The number of nitrogens with one attached hydrogen (secondary N) is 2. The lowest BCUT2D eigenvalue weighted by Crippen LogP contribution is -2.57. The third-order valence-electron chi connectivity index (χ3n) is 6.58. The second kappa shape index (κ2) is 10.4. The molecule has 39 heavy (non-hydrogen) atoms. The van der Waals surface area contributed by atoms with Crippen LogP contribution in [0.2, 0.25) is 0 Å². The van der Waals surface area contributed by atoms with Crippen LogP contribution in [0.1, 0.15) is 5.56 Å². The second-order valence-electron chi connectivity index (χ2n) is 9.23. The Hall–Kier alpha value is -5.02. The predicted molar refractivity (Wildman–Crippen MR) is 146 cm³/mol. The molecule has 0 unspecified atom stereocenters. The summed E-state index contributed by atoms with van der Waals surface area (Å²) in [5.41, 5.74) is 3.62. The number of methoxy groups -OCH3 is 1. The molecule has 198 valence electrons. The lowest BCUT2D eigenvalue weighted by molar-refractivity contribution is -0.114. The Morgan fingerprint density at radius 2 is 2.05 bits per heavy atom. The average molecular weight is 528 g/mol. The lowest BCUT2D eigenvalue weighted by Gasteiger charge is -2.45. The number of carbonyl (C=O) groups excluding carboxylic acids is 1. The van der Waals surface area contributed by atoms with Crippen molar-refractivity contribution in [2.45, 2.75) is 6.04 Å². The van der Waals surface area contributed by atoms with E-state index in [-0.39, 0.29) is 11.5 Å². The molecule has 12 heteroatoms. The molecule has 5 rings (SSSR count). The highest BCUT2D eigenvalue weighted by atomic mass is 19.1. The number of hydrogen-bond acceptors (Lipinski definition) is 9. The summed E-state index contributed by atoms with van der Waals surface area (Å²) >= 11 is 0. The van der Waals surface area contributed by atoms with Crippen molar-refractivity contribution in [3.63, 3.8) is 0 Å². The number of benzene rings is 1. The van der Waals surface area contributed by atoms with Crippen LogP contribution in [0, 0.1) is 11.3 Å². The molecule has 2 N–H and O–H groups in total. The van der Waals surface area contributed by atoms with Gasteiger partial charge in [0.05, 0.1) is 53.3 Å². The maximum Gasteiger partial charge on any atom is 0.283 e. The molecule has 1 amide bonds. The molecule has 4 heterocycles. The van der Waals surface area contributed by atoms with Crippen LogP contribution in [0.15, 0.2) is 61.3 Å². The minimum absolute atomic E-state index is 0.189. The van der Waals surface area contributed by atoms with E-state index in [0.717, 1.165) is 18.6 Å². The SMILES string of the molecule is C=C(F)C(=O)Nc1cc(Nc2ncc(C#N)c(-c3cnn4ccccc34)n2)c(OC)cc1N1CC(N(C)C)C1. The van der Waals surface area contributed by atoms with E-state index in [1.807, 2.05) is 32.3 Å². The van der Waals surface area contributed by atoms with Gasteiger partial charge in [-0.3, -0.25) is 4.79 Å². The van der Waals surface area contributed by atoms with Gasteiger partial charge in [0, 0.05) is 37.0 Å². The van der Waals surface area contributed by atoms with Gasteiger partial charge in [0.2, 0.25) is 5.95 Å². The van der Waals surface area contributed by atoms with Crippen LogP contribution in [0.25, 0.3) is 16.8 Å². The third kappa shape index (κ3) is 4.95. The van der Waals surface area contributed by atoms with E-state index in [2.05, 4.69) is 48.1 Å². The monoisotopic (exact) mass is 527 g/mol. The number of rotatable bonds is 8. The Bertz CT molecular complexity index is 1620. The molecule has 3 aromatic heterocycles. The molecular weight excluding hydrogens is 501 g/mol. The van der Waals surface area contributed by atoms with Crippen LogP contribution in [-0.4, -0.2) is 70.7 Å². The first-order valence-corrected chi connectivity index (χ1v) is 12.0. The number of nitrogens with zero attached hydrogens (tertiary/aromatic N) is 7. The standard InChI is InChI=1S/C27H26FN9O2/c1-16(28)26(38)32-20-9-21(24(39-4)10-23(20)36-14-18(15-36)35(2)3)33-27-30-12-17(11-29)25(34-27)19-13-31-37-8-6-5-7-22(19)37/h5-10,12-13,18H,1,14-15H2,2-4H3,(H,32,38)(H,30,33,34). The molecule has 11 nitrogen and oxygen atoms in total. The number of aromatic nitrogens is 4. The van der Waals surface area contributed by atoms with Crippen LogP contribution in [0.4, 0.5) is 27.4 Å². The highest BCUT2D eigenvalue weighted by molar-refractivity contribution is 6.04. The summed E-state index contributed by atoms with van der Waals surface area (Å²) in [6, 6.07) is 11.5. The summed E-state index contributed by atoms with van der Waals surface area (Å²) < 4.78 is 20.9. The summed E-state index contributed by atoms with van der Waals surface area (Å²) in [6.45, 7) is 4.55. The Morgan fingerprint density at radius 1 is 1.26 bits per heavy atom. The minimum atomic E-state index is -1.10. The smallest absolute Gasteiger partial charge is 0.283 e. The first kappa shape index (κ1) is 25.6. The number of pyridine rings is 1. The van der Waals surface area contributed by atoms with Crippen molar-refractivity contribution in [3.05, 3.63) is 66.9 Å². The van der Waals surface area contributed by atoms with E-state index in [1.165, 1.54) is 13.3 Å². The van der Waals surface area contributed by atoms with E-state index < -0.39 is 11.7 Å². The Labute approximate surface area is 224 Å². The summed E-state index contributed by atoms with van der Waals surface area (Å²) in [5.74, 6) is -1.40. The number of amides is 1. The van der Waals surface area contributed by atoms with Gasteiger partial charge in [-0.1, -0.05) is 12.6 Å². The zero-order valence-corrected chi connectivity index (χ0v) is 21.6. The van der Waals surface area contributed by atoms with Gasteiger partial charge in [-0.05, 0) is 32.3 Å². The molecule has 1 fully saturated rings. The van der Waals surface area contributed by atoms with Gasteiger partial charge >= 0.3 is 0 Å². The normalized spacial score (nSPS) is 13.2. The maximum atomic E-state index is 13.6. The van der Waals surface area contributed by atoms with Crippen molar-refractivity contribution < 1.29 is 13.9 Å². The van der Waals surface area contributed by atoms with Crippen LogP contribution in [-0.2, 0) is 4.79 Å². The zero-order chi connectivity index (χ0) is 27.7. The summed E-state index contributed by atoms with van der Waals surface area (Å²) in [6.07, 6.45) is 4.87. The van der Waals surface area contributed by atoms with Gasteiger partial charge in [-0.15, -0.1) is 0 Å². The molecule has 0 saturated carbocycles. The molecule has 1 saturated heterocycles. The average Bonchev–Trinajstić information content (AvgIpc) is 3.32. The molecule has 0 aliphatic carbocycles. The van der Waals surface area contributed by atoms with E-state index in [9.17, 15) is 14.4 Å². The second-order valence-corrected chi connectivity index (χ2v) is 9.23. The summed E-state index contributed by atoms with van der Waals surface area (Å²) in [7, 11) is 5.53. The van der Waals surface area contributed by atoms with E-state index in [4.69, 9.17) is 4.74 Å². The highest BCUT2D eigenvalue weighted by Gasteiger charge is 2.31. The van der Waals surface area contributed by atoms with Crippen molar-refractivity contribution >= 4 is 34.4 Å². The van der Waals surface area contributed by atoms with Crippen LogP contribution < -0.4 is 20.3 Å². The molecule has 0 bridgehead atoms. The molecule has 0 atom stereocenters. The minimum Gasteiger partial charge on any atom is -0.494 e. The lowest BCUT2D eigenvalue weighted by atomic mass is 10.0. The van der Waals surface area contributed by atoms with Crippen molar-refractivity contribution in [2.24, 2.45) is 0 Å². The number of nitriles is 1. The first-order valence-electron chi connectivity index (χ1n) is 12.0. The fourth-order valence-corrected chi connectivity index (χ4v) is 4.33. The van der Waals surface area contributed by atoms with Crippen LogP contribution >= 0.6 is 0 Å². The molecule has 4 aromatic rings. The number of carbonyl (C=O) groups is 1. The Balaban J connectivity index is 1.53. The fourth-order valence-electron chi connectivity index (χ4n) is 4.33. The van der Waals surface area contributed by atoms with Gasteiger partial charge in [-0.25, -0.2) is 18.9 Å². The van der Waals surface area contributed by atoms with Crippen molar-refractivity contribution in [1.82, 2.24) is 24.5 Å². The molecule has 0 radical (unpaired) electrons. The van der Waals surface area contributed by atoms with E-state index in [1.54, 1.807) is 29.0 Å². The molecule has 1 aliphatic heterocycles. The van der Waals surface area contributed by atoms with Crippen LogP contribution in [0.3, 0.4) is 0 Å². The highest BCUT2D eigenvalue weighted by Crippen LogP contribution is 2.40. The number of halogens is 1. The van der Waals surface area contributed by atoms with E-state index >= 15 is 0 Å².